The quantitative estimate of drug-likeness (QED) is 0.239. The Morgan fingerprint density at radius 3 is 2.18 bits per heavy atom. The highest BCUT2D eigenvalue weighted by atomic mass is 16.5. The summed E-state index contributed by atoms with van der Waals surface area (Å²) < 4.78 is 8.08. The van der Waals surface area contributed by atoms with E-state index in [1.807, 2.05) is 37.3 Å². The number of fused-ring (bicyclic) bond motifs is 1. The van der Waals surface area contributed by atoms with Crippen molar-refractivity contribution in [1.29, 1.82) is 0 Å². The van der Waals surface area contributed by atoms with Crippen molar-refractivity contribution in [2.75, 3.05) is 5.32 Å². The van der Waals surface area contributed by atoms with Crippen LogP contribution in [0, 0.1) is 34.5 Å². The third-order valence-electron chi connectivity index (χ3n) is 9.65. The molecule has 2 heterocycles. The summed E-state index contributed by atoms with van der Waals surface area (Å²) in [5.74, 6) is 0.428. The van der Waals surface area contributed by atoms with Crippen molar-refractivity contribution in [1.82, 2.24) is 9.38 Å². The monoisotopic (exact) mass is 603 g/mol. The minimum absolute atomic E-state index is 0.0619. The number of nitrogens with one attached hydrogen (secondary N) is 2. The number of carbonyl (C=O) groups excluding carboxylic acids is 2. The molecule has 1 aromatic carbocycles. The summed E-state index contributed by atoms with van der Waals surface area (Å²) in [6.07, 6.45) is 6.86. The maximum Gasteiger partial charge on any atom is 0.342 e. The second-order valence-corrected chi connectivity index (χ2v) is 15.2. The smallest absolute Gasteiger partial charge is 0.342 e. The number of amides is 1. The molecule has 3 atom stereocenters. The van der Waals surface area contributed by atoms with E-state index < -0.39 is 5.97 Å². The predicted octanol–water partition coefficient (Wildman–Crippen LogP) is 8.73. The number of anilines is 1. The minimum Gasteiger partial charge on any atom is -0.458 e. The molecule has 0 aliphatic heterocycles. The molecule has 2 N–H and O–H groups in total. The maximum atomic E-state index is 14.5. The Bertz CT molecular complexity index is 1480. The summed E-state index contributed by atoms with van der Waals surface area (Å²) in [7, 11) is 0. The molecule has 0 radical (unpaired) electrons. The number of esters is 1. The number of hydrogen-bond acceptors (Lipinski definition) is 4. The Morgan fingerprint density at radius 2 is 1.64 bits per heavy atom. The van der Waals surface area contributed by atoms with Crippen LogP contribution in [0.25, 0.3) is 16.8 Å². The number of carbonyl (C=O) groups is 2. The van der Waals surface area contributed by atoms with E-state index in [9.17, 15) is 14.4 Å². The van der Waals surface area contributed by atoms with Crippen LogP contribution >= 0.6 is 0 Å². The molecule has 1 saturated carbocycles. The van der Waals surface area contributed by atoms with Crippen molar-refractivity contribution < 1.29 is 14.3 Å². The van der Waals surface area contributed by atoms with Crippen molar-refractivity contribution in [3.05, 3.63) is 58.5 Å². The average molecular weight is 604 g/mol. The molecule has 3 aromatic rings. The Kier molecular flexibility index (Phi) is 10.2. The second kappa shape index (κ2) is 13.3. The van der Waals surface area contributed by atoms with E-state index in [2.05, 4.69) is 65.7 Å². The van der Waals surface area contributed by atoms with Gasteiger partial charge < -0.3 is 15.0 Å². The van der Waals surface area contributed by atoms with Crippen LogP contribution in [-0.2, 0) is 9.53 Å². The molecular weight excluding hydrogens is 550 g/mol. The van der Waals surface area contributed by atoms with Gasteiger partial charge in [0.05, 0.1) is 0 Å². The van der Waals surface area contributed by atoms with Crippen molar-refractivity contribution in [3.63, 3.8) is 0 Å². The molecule has 2 aromatic heterocycles. The van der Waals surface area contributed by atoms with Crippen LogP contribution in [0.2, 0.25) is 0 Å². The first-order chi connectivity index (χ1) is 20.6. The number of rotatable bonds is 9. The average Bonchev–Trinajstić information content (AvgIpc) is 3.33. The second-order valence-electron chi connectivity index (χ2n) is 15.2. The highest BCUT2D eigenvalue weighted by molar-refractivity contribution is 6.04. The normalized spacial score (nSPS) is 21.7. The summed E-state index contributed by atoms with van der Waals surface area (Å²) in [6, 6.07) is 11.0. The van der Waals surface area contributed by atoms with Gasteiger partial charge in [0, 0.05) is 35.6 Å². The van der Waals surface area contributed by atoms with Gasteiger partial charge >= 0.3 is 5.97 Å². The van der Waals surface area contributed by atoms with Gasteiger partial charge in [-0.05, 0) is 48.0 Å². The molecule has 0 bridgehead atoms. The standard InChI is InChI=1S/C37H53N3O4/c1-10-12-16-24(11-2)34(42)39-29-21-30(41)40-22-26(25-17-14-13-15-18-25)31(33(40)38-29)35(43)44-32-27(36(4,5)6)19-23(3)20-28(32)37(7,8)9/h13-15,17-18,21-24,27-28,32,38H,10-12,16,19-20H2,1-9H3,(H,39,42). The number of benzene rings is 1. The largest absolute Gasteiger partial charge is 0.458 e. The molecule has 1 fully saturated rings. The van der Waals surface area contributed by atoms with Crippen LogP contribution in [0.4, 0.5) is 5.82 Å². The van der Waals surface area contributed by atoms with E-state index >= 15 is 0 Å². The van der Waals surface area contributed by atoms with Gasteiger partial charge in [-0.1, -0.05) is 105 Å². The molecule has 1 aliphatic rings. The Balaban J connectivity index is 1.82. The zero-order chi connectivity index (χ0) is 32.4. The predicted molar refractivity (Wildman–Crippen MR) is 179 cm³/mol. The fourth-order valence-electron chi connectivity index (χ4n) is 7.03. The number of nitrogens with zero attached hydrogens (tertiary/aromatic N) is 1. The topological polar surface area (TPSA) is 92.7 Å². The summed E-state index contributed by atoms with van der Waals surface area (Å²) >= 11 is 0. The third kappa shape index (κ3) is 7.30. The molecular formula is C37H53N3O4. The van der Waals surface area contributed by atoms with Crippen LogP contribution in [0.5, 0.6) is 0 Å². The lowest BCUT2D eigenvalue weighted by Crippen LogP contribution is -2.49. The van der Waals surface area contributed by atoms with Crippen molar-refractivity contribution in [2.24, 2.45) is 34.5 Å². The third-order valence-corrected chi connectivity index (χ3v) is 9.65. The van der Waals surface area contributed by atoms with E-state index in [0.29, 0.717) is 29.1 Å². The first-order valence-corrected chi connectivity index (χ1v) is 16.5. The first-order valence-electron chi connectivity index (χ1n) is 16.5. The molecule has 7 nitrogen and oxygen atoms in total. The number of aromatic nitrogens is 2. The van der Waals surface area contributed by atoms with Gasteiger partial charge in [0.1, 0.15) is 23.1 Å². The SMILES string of the molecule is CCCCC(CC)C(=O)Nc1cc(=O)n2cc(-c3ccccc3)c(C(=O)OC3C(C(C)(C)C)CC(C)CC3C(C)(C)C)c2[nH]1. The van der Waals surface area contributed by atoms with Gasteiger partial charge in [0.25, 0.3) is 5.56 Å². The van der Waals surface area contributed by atoms with E-state index in [1.54, 1.807) is 6.20 Å². The Morgan fingerprint density at radius 1 is 1.02 bits per heavy atom. The highest BCUT2D eigenvalue weighted by Gasteiger charge is 2.48. The van der Waals surface area contributed by atoms with E-state index in [1.165, 1.54) is 10.5 Å². The summed E-state index contributed by atoms with van der Waals surface area (Å²) in [5, 5.41) is 2.93. The first kappa shape index (κ1) is 33.5. The fraction of sp³-hybridized carbons (Fsp3) is 0.595. The number of ether oxygens (including phenoxy) is 1. The number of unbranched alkanes of at least 4 members (excludes halogenated alkanes) is 1. The van der Waals surface area contributed by atoms with Crippen LogP contribution in [-0.4, -0.2) is 27.4 Å². The molecule has 0 saturated heterocycles. The summed E-state index contributed by atoms with van der Waals surface area (Å²) in [6.45, 7) is 19.8. The van der Waals surface area contributed by atoms with Crippen LogP contribution < -0.4 is 10.9 Å². The molecule has 44 heavy (non-hydrogen) atoms. The molecule has 4 rings (SSSR count). The lowest BCUT2D eigenvalue weighted by molar-refractivity contribution is -0.120. The Labute approximate surface area is 263 Å². The molecule has 1 aliphatic carbocycles. The molecule has 7 heteroatoms. The lowest BCUT2D eigenvalue weighted by atomic mass is 9.59. The maximum absolute atomic E-state index is 14.5. The molecule has 3 unspecified atom stereocenters. The van der Waals surface area contributed by atoms with Gasteiger partial charge in [0.15, 0.2) is 0 Å². The Hall–Kier alpha value is -3.35. The molecule has 1 amide bonds. The number of H-pyrrole nitrogens is 1. The summed E-state index contributed by atoms with van der Waals surface area (Å²) in [5.41, 5.74) is 1.60. The zero-order valence-corrected chi connectivity index (χ0v) is 28.3. The van der Waals surface area contributed by atoms with Crippen LogP contribution in [0.1, 0.15) is 111 Å². The molecule has 0 spiro atoms. The van der Waals surface area contributed by atoms with Crippen LogP contribution in [0.15, 0.2) is 47.4 Å². The van der Waals surface area contributed by atoms with E-state index in [-0.39, 0.29) is 52.0 Å². The number of aromatic amines is 1. The summed E-state index contributed by atoms with van der Waals surface area (Å²) in [4.78, 5) is 44.3. The van der Waals surface area contributed by atoms with Gasteiger partial charge in [0.2, 0.25) is 5.91 Å². The fourth-order valence-corrected chi connectivity index (χ4v) is 7.03. The van der Waals surface area contributed by atoms with Gasteiger partial charge in [-0.15, -0.1) is 0 Å². The minimum atomic E-state index is -0.456. The number of hydrogen-bond donors (Lipinski definition) is 2. The van der Waals surface area contributed by atoms with E-state index in [4.69, 9.17) is 4.74 Å². The highest BCUT2D eigenvalue weighted by Crippen LogP contribution is 2.50. The van der Waals surface area contributed by atoms with Crippen molar-refractivity contribution in [2.45, 2.75) is 107 Å². The van der Waals surface area contributed by atoms with Crippen molar-refractivity contribution >= 4 is 23.3 Å². The van der Waals surface area contributed by atoms with E-state index in [0.717, 1.165) is 37.7 Å². The van der Waals surface area contributed by atoms with Crippen molar-refractivity contribution in [3.8, 4) is 11.1 Å². The zero-order valence-electron chi connectivity index (χ0n) is 28.3. The molecule has 240 valence electrons. The van der Waals surface area contributed by atoms with Crippen LogP contribution in [0.3, 0.4) is 0 Å². The van der Waals surface area contributed by atoms with Gasteiger partial charge in [-0.25, -0.2) is 4.79 Å². The van der Waals surface area contributed by atoms with Gasteiger partial charge in [-0.3, -0.25) is 14.0 Å². The van der Waals surface area contributed by atoms with Gasteiger partial charge in [-0.2, -0.15) is 0 Å². The lowest BCUT2D eigenvalue weighted by Gasteiger charge is -2.50.